The van der Waals surface area contributed by atoms with Crippen molar-refractivity contribution in [1.29, 1.82) is 0 Å². The molecular weight excluding hydrogens is 258 g/mol. The Labute approximate surface area is 118 Å². The van der Waals surface area contributed by atoms with Crippen molar-refractivity contribution in [3.8, 4) is 5.75 Å². The minimum Gasteiger partial charge on any atom is -0.496 e. The summed E-state index contributed by atoms with van der Waals surface area (Å²) in [4.78, 5) is 22.5. The van der Waals surface area contributed by atoms with E-state index in [4.69, 9.17) is 9.84 Å². The molecule has 0 aliphatic carbocycles. The van der Waals surface area contributed by atoms with Crippen LogP contribution in [0.15, 0.2) is 24.3 Å². The number of ether oxygens (including phenoxy) is 1. The molecule has 5 heteroatoms. The predicted octanol–water partition coefficient (Wildman–Crippen LogP) is 2.00. The van der Waals surface area contributed by atoms with E-state index in [0.717, 1.165) is 11.1 Å². The highest BCUT2D eigenvalue weighted by molar-refractivity contribution is 5.94. The van der Waals surface area contributed by atoms with Gasteiger partial charge in [0.05, 0.1) is 7.11 Å². The van der Waals surface area contributed by atoms with Gasteiger partial charge in [-0.2, -0.15) is 0 Å². The van der Waals surface area contributed by atoms with Crippen LogP contribution in [0.25, 0.3) is 6.08 Å². The van der Waals surface area contributed by atoms with E-state index >= 15 is 0 Å². The number of aryl methyl sites for hydroxylation is 1. The van der Waals surface area contributed by atoms with Crippen LogP contribution in [0.2, 0.25) is 0 Å². The average Bonchev–Trinajstić information content (AvgIpc) is 2.42. The molecule has 0 radical (unpaired) electrons. The third-order valence-corrected chi connectivity index (χ3v) is 2.82. The summed E-state index contributed by atoms with van der Waals surface area (Å²) in [7, 11) is 1.56. The summed E-state index contributed by atoms with van der Waals surface area (Å²) in [5.41, 5.74) is 1.81. The van der Waals surface area contributed by atoms with Gasteiger partial charge in [0.15, 0.2) is 0 Å². The third kappa shape index (κ3) is 4.42. The summed E-state index contributed by atoms with van der Waals surface area (Å²) in [6, 6.07) is 4.75. The maximum Gasteiger partial charge on any atom is 0.326 e. The van der Waals surface area contributed by atoms with Gasteiger partial charge in [0.25, 0.3) is 0 Å². The molecule has 0 spiro atoms. The Balaban J connectivity index is 2.79. The van der Waals surface area contributed by atoms with Crippen molar-refractivity contribution in [1.82, 2.24) is 5.32 Å². The number of benzene rings is 1. The molecule has 0 aromatic heterocycles. The minimum absolute atomic E-state index is 0.336. The van der Waals surface area contributed by atoms with Gasteiger partial charge in [-0.25, -0.2) is 4.79 Å². The molecule has 0 unspecified atom stereocenters. The molecule has 1 aromatic carbocycles. The second kappa shape index (κ2) is 7.33. The van der Waals surface area contributed by atoms with Gasteiger partial charge >= 0.3 is 5.97 Å². The lowest BCUT2D eigenvalue weighted by atomic mass is 10.1. The van der Waals surface area contributed by atoms with E-state index in [9.17, 15) is 9.59 Å². The van der Waals surface area contributed by atoms with Crippen LogP contribution in [0.5, 0.6) is 5.75 Å². The molecule has 1 atom stereocenters. The molecule has 5 nitrogen and oxygen atoms in total. The molecular formula is C15H19NO4. The first-order chi connectivity index (χ1) is 9.47. The maximum absolute atomic E-state index is 11.7. The first-order valence-corrected chi connectivity index (χ1v) is 6.34. The van der Waals surface area contributed by atoms with Gasteiger partial charge in [-0.15, -0.1) is 0 Å². The lowest BCUT2D eigenvalue weighted by Crippen LogP contribution is -2.39. The van der Waals surface area contributed by atoms with Crippen LogP contribution in [0, 0.1) is 6.92 Å². The second-order valence-electron chi connectivity index (χ2n) is 4.39. The van der Waals surface area contributed by atoms with Crippen molar-refractivity contribution in [3.05, 3.63) is 35.4 Å². The van der Waals surface area contributed by atoms with Gasteiger partial charge in [0.1, 0.15) is 11.8 Å². The lowest BCUT2D eigenvalue weighted by Gasteiger charge is -2.10. The first kappa shape index (κ1) is 15.8. The maximum atomic E-state index is 11.7. The number of rotatable bonds is 6. The molecule has 0 heterocycles. The number of carbonyl (C=O) groups excluding carboxylic acids is 1. The van der Waals surface area contributed by atoms with Gasteiger partial charge in [0, 0.05) is 11.6 Å². The number of carboxylic acid groups (broad SMARTS) is 1. The molecule has 0 bridgehead atoms. The van der Waals surface area contributed by atoms with Gasteiger partial charge in [-0.1, -0.05) is 18.6 Å². The number of carbonyl (C=O) groups is 2. The van der Waals surface area contributed by atoms with E-state index in [1.165, 1.54) is 6.08 Å². The Morgan fingerprint density at radius 2 is 2.15 bits per heavy atom. The van der Waals surface area contributed by atoms with Crippen molar-refractivity contribution < 1.29 is 19.4 Å². The molecule has 0 aliphatic rings. The van der Waals surface area contributed by atoms with Crippen LogP contribution in [0.1, 0.15) is 24.5 Å². The Kier molecular flexibility index (Phi) is 5.77. The largest absolute Gasteiger partial charge is 0.496 e. The zero-order chi connectivity index (χ0) is 15.1. The van der Waals surface area contributed by atoms with Crippen molar-refractivity contribution in [2.24, 2.45) is 0 Å². The highest BCUT2D eigenvalue weighted by Crippen LogP contribution is 2.20. The fraction of sp³-hybridized carbons (Fsp3) is 0.333. The number of hydrogen-bond acceptors (Lipinski definition) is 3. The molecule has 1 amide bonds. The smallest absolute Gasteiger partial charge is 0.326 e. The zero-order valence-electron chi connectivity index (χ0n) is 11.8. The van der Waals surface area contributed by atoms with Gasteiger partial charge in [-0.05, 0) is 31.6 Å². The lowest BCUT2D eigenvalue weighted by molar-refractivity contribution is -0.141. The summed E-state index contributed by atoms with van der Waals surface area (Å²) in [6.45, 7) is 3.64. The second-order valence-corrected chi connectivity index (χ2v) is 4.39. The molecule has 0 aliphatic heterocycles. The monoisotopic (exact) mass is 277 g/mol. The van der Waals surface area contributed by atoms with Gasteiger partial charge < -0.3 is 15.2 Å². The first-order valence-electron chi connectivity index (χ1n) is 6.34. The third-order valence-electron chi connectivity index (χ3n) is 2.82. The normalized spacial score (nSPS) is 12.2. The molecule has 108 valence electrons. The molecule has 1 rings (SSSR count). The van der Waals surface area contributed by atoms with Crippen LogP contribution in [-0.2, 0) is 9.59 Å². The van der Waals surface area contributed by atoms with Crippen LogP contribution >= 0.6 is 0 Å². The number of hydrogen-bond donors (Lipinski definition) is 2. The van der Waals surface area contributed by atoms with Crippen molar-refractivity contribution in [2.45, 2.75) is 26.3 Å². The predicted molar refractivity (Wildman–Crippen MR) is 76.6 cm³/mol. The van der Waals surface area contributed by atoms with E-state index in [1.54, 1.807) is 20.1 Å². The Bertz CT molecular complexity index is 523. The van der Waals surface area contributed by atoms with E-state index in [-0.39, 0.29) is 0 Å². The number of methoxy groups -OCH3 is 1. The molecule has 0 saturated carbocycles. The van der Waals surface area contributed by atoms with E-state index in [0.29, 0.717) is 12.2 Å². The molecule has 2 N–H and O–H groups in total. The number of amides is 1. The van der Waals surface area contributed by atoms with Crippen molar-refractivity contribution in [3.63, 3.8) is 0 Å². The molecule has 0 fully saturated rings. The van der Waals surface area contributed by atoms with E-state index in [1.807, 2.05) is 25.1 Å². The van der Waals surface area contributed by atoms with E-state index in [2.05, 4.69) is 5.32 Å². The van der Waals surface area contributed by atoms with Crippen LogP contribution in [0.3, 0.4) is 0 Å². The highest BCUT2D eigenvalue weighted by Gasteiger charge is 2.15. The highest BCUT2D eigenvalue weighted by atomic mass is 16.5. The summed E-state index contributed by atoms with van der Waals surface area (Å²) >= 11 is 0. The fourth-order valence-electron chi connectivity index (χ4n) is 1.71. The topological polar surface area (TPSA) is 75.6 Å². The Hall–Kier alpha value is -2.30. The van der Waals surface area contributed by atoms with Crippen molar-refractivity contribution in [2.75, 3.05) is 7.11 Å². The van der Waals surface area contributed by atoms with Crippen LogP contribution in [0.4, 0.5) is 0 Å². The fourth-order valence-corrected chi connectivity index (χ4v) is 1.71. The van der Waals surface area contributed by atoms with Crippen molar-refractivity contribution >= 4 is 18.0 Å². The summed E-state index contributed by atoms with van der Waals surface area (Å²) in [5, 5.41) is 11.3. The molecule has 20 heavy (non-hydrogen) atoms. The molecule has 0 saturated heterocycles. The number of aliphatic carboxylic acids is 1. The minimum atomic E-state index is -1.04. The Morgan fingerprint density at radius 3 is 2.70 bits per heavy atom. The SMILES string of the molecule is CC[C@H](NC(=O)/C=C/c1cc(C)ccc1OC)C(=O)O. The Morgan fingerprint density at radius 1 is 1.45 bits per heavy atom. The standard InChI is InChI=1S/C15H19NO4/c1-4-12(15(18)19)16-14(17)8-6-11-9-10(2)5-7-13(11)20-3/h5-9,12H,4H2,1-3H3,(H,16,17)(H,18,19)/b8-6+/t12-/m0/s1. The summed E-state index contributed by atoms with van der Waals surface area (Å²) in [5.74, 6) is -0.824. The van der Waals surface area contributed by atoms with Gasteiger partial charge in [-0.3, -0.25) is 4.79 Å². The average molecular weight is 277 g/mol. The molecule has 1 aromatic rings. The van der Waals surface area contributed by atoms with Gasteiger partial charge in [0.2, 0.25) is 5.91 Å². The van der Waals surface area contributed by atoms with E-state index < -0.39 is 17.9 Å². The zero-order valence-corrected chi connectivity index (χ0v) is 11.8. The summed E-state index contributed by atoms with van der Waals surface area (Å²) < 4.78 is 5.20. The quantitative estimate of drug-likeness (QED) is 0.780. The van der Waals surface area contributed by atoms with Crippen LogP contribution in [-0.4, -0.2) is 30.1 Å². The number of carboxylic acids is 1. The summed E-state index contributed by atoms with van der Waals surface area (Å²) in [6.07, 6.45) is 3.25. The number of nitrogens with one attached hydrogen (secondary N) is 1. The van der Waals surface area contributed by atoms with Crippen LogP contribution < -0.4 is 10.1 Å².